The number of nitriles is 1. The molecule has 1 rings (SSSR count). The third-order valence-corrected chi connectivity index (χ3v) is 1.78. The summed E-state index contributed by atoms with van der Waals surface area (Å²) in [7, 11) is 0. The first-order chi connectivity index (χ1) is 7.13. The maximum atomic E-state index is 13.1. The molecule has 4 heteroatoms. The molecule has 76 valence electrons. The van der Waals surface area contributed by atoms with Gasteiger partial charge in [-0.3, -0.25) is 4.79 Å². The van der Waals surface area contributed by atoms with Crippen LogP contribution in [-0.2, 0) is 11.2 Å². The normalized spacial score (nSPS) is 10.1. The Morgan fingerprint density at radius 1 is 1.60 bits per heavy atom. The monoisotopic (exact) mass is 204 g/mol. The Labute approximate surface area is 86.6 Å². The fraction of sp³-hybridized carbons (Fsp3) is 0.0909. The molecular formula is C11H9FN2O. The second-order valence-corrected chi connectivity index (χ2v) is 2.92. The van der Waals surface area contributed by atoms with E-state index in [-0.39, 0.29) is 6.42 Å². The van der Waals surface area contributed by atoms with Crippen molar-refractivity contribution in [3.05, 3.63) is 41.2 Å². The van der Waals surface area contributed by atoms with Crippen molar-refractivity contribution in [3.8, 4) is 6.07 Å². The summed E-state index contributed by atoms with van der Waals surface area (Å²) < 4.78 is 13.1. The zero-order chi connectivity index (χ0) is 11.3. The van der Waals surface area contributed by atoms with Crippen molar-refractivity contribution in [3.63, 3.8) is 0 Å². The molecule has 0 bridgehead atoms. The van der Waals surface area contributed by atoms with E-state index < -0.39 is 11.7 Å². The molecule has 0 saturated carbocycles. The van der Waals surface area contributed by atoms with Crippen molar-refractivity contribution in [2.75, 3.05) is 0 Å². The molecule has 0 saturated heterocycles. The molecule has 3 nitrogen and oxygen atoms in total. The van der Waals surface area contributed by atoms with Crippen molar-refractivity contribution < 1.29 is 9.18 Å². The van der Waals surface area contributed by atoms with E-state index in [1.165, 1.54) is 30.4 Å². The highest BCUT2D eigenvalue weighted by atomic mass is 19.1. The van der Waals surface area contributed by atoms with E-state index in [4.69, 9.17) is 11.0 Å². The van der Waals surface area contributed by atoms with Crippen molar-refractivity contribution >= 4 is 12.0 Å². The summed E-state index contributed by atoms with van der Waals surface area (Å²) >= 11 is 0. The summed E-state index contributed by atoms with van der Waals surface area (Å²) in [5, 5.41) is 8.44. The number of primary amides is 1. The molecular weight excluding hydrogens is 195 g/mol. The zero-order valence-corrected chi connectivity index (χ0v) is 7.90. The number of nitrogens with zero attached hydrogens (tertiary/aromatic N) is 1. The van der Waals surface area contributed by atoms with Gasteiger partial charge in [0.15, 0.2) is 0 Å². The Balaban J connectivity index is 2.98. The minimum atomic E-state index is -0.568. The van der Waals surface area contributed by atoms with Crippen LogP contribution < -0.4 is 5.73 Å². The second kappa shape index (κ2) is 4.91. The molecule has 0 spiro atoms. The van der Waals surface area contributed by atoms with Gasteiger partial charge in [-0.2, -0.15) is 5.26 Å². The van der Waals surface area contributed by atoms with Gasteiger partial charge in [0.25, 0.3) is 0 Å². The summed E-state index contributed by atoms with van der Waals surface area (Å²) in [6.07, 6.45) is 2.66. The predicted molar refractivity (Wildman–Crippen MR) is 53.9 cm³/mol. The molecule has 1 aromatic carbocycles. The molecule has 0 aliphatic rings. The number of nitrogens with two attached hydrogens (primary N) is 1. The third kappa shape index (κ3) is 3.24. The average Bonchev–Trinajstić information content (AvgIpc) is 2.19. The van der Waals surface area contributed by atoms with Crippen molar-refractivity contribution in [2.45, 2.75) is 6.42 Å². The van der Waals surface area contributed by atoms with Crippen molar-refractivity contribution in [2.24, 2.45) is 5.73 Å². The van der Waals surface area contributed by atoms with Crippen LogP contribution in [0.25, 0.3) is 6.08 Å². The van der Waals surface area contributed by atoms with E-state index in [0.717, 1.165) is 0 Å². The minimum Gasteiger partial charge on any atom is -0.366 e. The minimum absolute atomic E-state index is 0.00405. The molecule has 0 atom stereocenters. The van der Waals surface area contributed by atoms with Crippen molar-refractivity contribution in [1.29, 1.82) is 5.26 Å². The van der Waals surface area contributed by atoms with Crippen LogP contribution in [0.1, 0.15) is 11.1 Å². The summed E-state index contributed by atoms with van der Waals surface area (Å²) in [4.78, 5) is 10.5. The second-order valence-electron chi connectivity index (χ2n) is 2.92. The number of amides is 1. The molecule has 1 aromatic rings. The fourth-order valence-electron chi connectivity index (χ4n) is 1.10. The predicted octanol–water partition coefficient (Wildman–Crippen LogP) is 1.39. The number of carbonyl (C=O) groups is 1. The Hall–Kier alpha value is -2.15. The first-order valence-electron chi connectivity index (χ1n) is 4.26. The van der Waals surface area contributed by atoms with E-state index in [1.54, 1.807) is 0 Å². The number of rotatable bonds is 3. The van der Waals surface area contributed by atoms with Gasteiger partial charge in [-0.15, -0.1) is 0 Å². The maximum absolute atomic E-state index is 13.1. The lowest BCUT2D eigenvalue weighted by molar-refractivity contribution is -0.113. The molecule has 0 unspecified atom stereocenters. The topological polar surface area (TPSA) is 66.9 Å². The Morgan fingerprint density at radius 3 is 2.93 bits per heavy atom. The highest BCUT2D eigenvalue weighted by Gasteiger charge is 2.01. The lowest BCUT2D eigenvalue weighted by atomic mass is 10.1. The van der Waals surface area contributed by atoms with E-state index >= 15 is 0 Å². The summed E-state index contributed by atoms with van der Waals surface area (Å²) in [5.41, 5.74) is 5.86. The van der Waals surface area contributed by atoms with Crippen LogP contribution in [0, 0.1) is 17.1 Å². The standard InChI is InChI=1S/C11H9FN2O/c12-10-3-1-8(2-4-11(14)15)7-9(10)5-6-13/h1-4,7H,5H2,(H2,14,15). The van der Waals surface area contributed by atoms with Crippen LogP contribution >= 0.6 is 0 Å². The number of halogens is 1. The van der Waals surface area contributed by atoms with E-state index in [2.05, 4.69) is 0 Å². The smallest absolute Gasteiger partial charge is 0.241 e. The SMILES string of the molecule is N#CCc1cc(C=CC(N)=O)ccc1F. The van der Waals surface area contributed by atoms with Gasteiger partial charge in [0, 0.05) is 11.6 Å². The first kappa shape index (κ1) is 10.9. The van der Waals surface area contributed by atoms with Crippen LogP contribution in [0.3, 0.4) is 0 Å². The van der Waals surface area contributed by atoms with Gasteiger partial charge >= 0.3 is 0 Å². The molecule has 0 aliphatic heterocycles. The maximum Gasteiger partial charge on any atom is 0.241 e. The first-order valence-corrected chi connectivity index (χ1v) is 4.26. The largest absolute Gasteiger partial charge is 0.366 e. The molecule has 1 amide bonds. The number of benzene rings is 1. The molecule has 0 heterocycles. The molecule has 0 radical (unpaired) electrons. The molecule has 0 fully saturated rings. The average molecular weight is 204 g/mol. The van der Waals surface area contributed by atoms with Crippen LogP contribution in [0.15, 0.2) is 24.3 Å². The van der Waals surface area contributed by atoms with Gasteiger partial charge in [0.1, 0.15) is 5.82 Å². The highest BCUT2D eigenvalue weighted by molar-refractivity contribution is 5.90. The fourth-order valence-corrected chi connectivity index (χ4v) is 1.10. The van der Waals surface area contributed by atoms with E-state index in [9.17, 15) is 9.18 Å². The van der Waals surface area contributed by atoms with Gasteiger partial charge in [-0.05, 0) is 23.8 Å². The van der Waals surface area contributed by atoms with Crippen LogP contribution in [0.4, 0.5) is 4.39 Å². The number of carbonyl (C=O) groups excluding carboxylic acids is 1. The summed E-state index contributed by atoms with van der Waals surface area (Å²) in [6, 6.07) is 6.14. The van der Waals surface area contributed by atoms with Crippen molar-refractivity contribution in [1.82, 2.24) is 0 Å². The Morgan fingerprint density at radius 2 is 2.33 bits per heavy atom. The Kier molecular flexibility index (Phi) is 3.58. The number of hydrogen-bond donors (Lipinski definition) is 1. The highest BCUT2D eigenvalue weighted by Crippen LogP contribution is 2.12. The lowest BCUT2D eigenvalue weighted by Crippen LogP contribution is -2.05. The van der Waals surface area contributed by atoms with E-state index in [0.29, 0.717) is 11.1 Å². The van der Waals surface area contributed by atoms with Gasteiger partial charge < -0.3 is 5.73 Å². The van der Waals surface area contributed by atoms with E-state index in [1.807, 2.05) is 6.07 Å². The molecule has 2 N–H and O–H groups in total. The molecule has 0 aliphatic carbocycles. The summed E-state index contributed by atoms with van der Waals surface area (Å²) in [5.74, 6) is -0.992. The molecule has 15 heavy (non-hydrogen) atoms. The number of hydrogen-bond acceptors (Lipinski definition) is 2. The van der Waals surface area contributed by atoms with Crippen LogP contribution in [-0.4, -0.2) is 5.91 Å². The van der Waals surface area contributed by atoms with Crippen LogP contribution in [0.2, 0.25) is 0 Å². The Bertz CT molecular complexity index is 446. The van der Waals surface area contributed by atoms with Crippen LogP contribution in [0.5, 0.6) is 0 Å². The zero-order valence-electron chi connectivity index (χ0n) is 7.90. The van der Waals surface area contributed by atoms with Gasteiger partial charge in [-0.1, -0.05) is 6.07 Å². The lowest BCUT2D eigenvalue weighted by Gasteiger charge is -1.99. The molecule has 0 aromatic heterocycles. The summed E-state index contributed by atoms with van der Waals surface area (Å²) in [6.45, 7) is 0. The van der Waals surface area contributed by atoms with Gasteiger partial charge in [0.05, 0.1) is 12.5 Å². The van der Waals surface area contributed by atoms with Gasteiger partial charge in [-0.25, -0.2) is 4.39 Å². The third-order valence-electron chi connectivity index (χ3n) is 1.78. The quantitative estimate of drug-likeness (QED) is 0.756. The van der Waals surface area contributed by atoms with Gasteiger partial charge in [0.2, 0.25) is 5.91 Å².